The zero-order valence-corrected chi connectivity index (χ0v) is 14.1. The van der Waals surface area contributed by atoms with E-state index in [1.807, 2.05) is 0 Å². The Morgan fingerprint density at radius 1 is 1.38 bits per heavy atom. The van der Waals surface area contributed by atoms with Crippen LogP contribution < -0.4 is 0 Å². The van der Waals surface area contributed by atoms with Crippen LogP contribution in [-0.4, -0.2) is 67.9 Å². The molecule has 0 saturated carbocycles. The number of carboxylic acid groups (broad SMARTS) is 1. The van der Waals surface area contributed by atoms with E-state index in [9.17, 15) is 14.0 Å². The fraction of sp³-hybridized carbons (Fsp3) is 0.438. The predicted molar refractivity (Wildman–Crippen MR) is 85.7 cm³/mol. The molecule has 0 spiro atoms. The van der Waals surface area contributed by atoms with E-state index in [0.29, 0.717) is 5.82 Å². The third-order valence-electron chi connectivity index (χ3n) is 4.23. The molecule has 1 amide bonds. The largest absolute Gasteiger partial charge is 0.479 e. The monoisotopic (exact) mass is 363 g/mol. The van der Waals surface area contributed by atoms with E-state index < -0.39 is 18.1 Å². The summed E-state index contributed by atoms with van der Waals surface area (Å²) in [5.74, 6) is -1.34. The first-order chi connectivity index (χ1) is 12.5. The van der Waals surface area contributed by atoms with Gasteiger partial charge in [0.05, 0.1) is 13.2 Å². The maximum Gasteiger partial charge on any atom is 0.334 e. The smallest absolute Gasteiger partial charge is 0.334 e. The molecule has 26 heavy (non-hydrogen) atoms. The molecule has 1 aromatic carbocycles. The summed E-state index contributed by atoms with van der Waals surface area (Å²) in [5.41, 5.74) is 0.739. The van der Waals surface area contributed by atoms with Gasteiger partial charge in [0.15, 0.2) is 6.10 Å². The van der Waals surface area contributed by atoms with Crippen LogP contribution in [0.25, 0.3) is 0 Å². The molecule has 2 heterocycles. The number of aryl methyl sites for hydroxylation is 1. The van der Waals surface area contributed by atoms with E-state index in [0.717, 1.165) is 5.56 Å². The van der Waals surface area contributed by atoms with Crippen LogP contribution in [0.2, 0.25) is 0 Å². The van der Waals surface area contributed by atoms with Crippen LogP contribution in [0.4, 0.5) is 4.39 Å². The highest BCUT2D eigenvalue weighted by Gasteiger charge is 2.34. The molecule has 2 atom stereocenters. The highest BCUT2D eigenvalue weighted by atomic mass is 19.1. The molecule has 9 nitrogen and oxygen atoms in total. The van der Waals surface area contributed by atoms with Gasteiger partial charge in [0.25, 0.3) is 0 Å². The first-order valence-corrected chi connectivity index (χ1v) is 8.08. The summed E-state index contributed by atoms with van der Waals surface area (Å²) in [6.07, 6.45) is -0.811. The number of morpholine rings is 1. The van der Waals surface area contributed by atoms with Crippen molar-refractivity contribution in [3.8, 4) is 0 Å². The van der Waals surface area contributed by atoms with Crippen molar-refractivity contribution < 1.29 is 23.8 Å². The van der Waals surface area contributed by atoms with Crippen LogP contribution in [0.1, 0.15) is 17.4 Å². The third-order valence-corrected chi connectivity index (χ3v) is 4.23. The van der Waals surface area contributed by atoms with Crippen LogP contribution in [0, 0.1) is 12.7 Å². The molecule has 1 saturated heterocycles. The Bertz CT molecular complexity index is 794. The highest BCUT2D eigenvalue weighted by molar-refractivity contribution is 5.82. The van der Waals surface area contributed by atoms with Crippen LogP contribution >= 0.6 is 0 Å². The Morgan fingerprint density at radius 3 is 2.73 bits per heavy atom. The number of carbonyl (C=O) groups excluding carboxylic acids is 1. The molecule has 138 valence electrons. The van der Waals surface area contributed by atoms with E-state index in [2.05, 4.69) is 15.5 Å². The summed E-state index contributed by atoms with van der Waals surface area (Å²) < 4.78 is 19.7. The maximum atomic E-state index is 13.1. The molecule has 1 aliphatic heterocycles. The summed E-state index contributed by atoms with van der Waals surface area (Å²) in [6.45, 7) is 2.05. The van der Waals surface area contributed by atoms with Crippen molar-refractivity contribution in [1.29, 1.82) is 0 Å². The number of ether oxygens (including phenoxy) is 1. The van der Waals surface area contributed by atoms with Crippen LogP contribution in [-0.2, 0) is 20.7 Å². The Balaban J connectivity index is 1.85. The van der Waals surface area contributed by atoms with Gasteiger partial charge in [0.2, 0.25) is 5.91 Å². The Kier molecular flexibility index (Phi) is 5.21. The van der Waals surface area contributed by atoms with Gasteiger partial charge < -0.3 is 14.7 Å². The highest BCUT2D eigenvalue weighted by Crippen LogP contribution is 2.20. The number of nitrogens with zero attached hydrogens (tertiary/aromatic N) is 5. The van der Waals surface area contributed by atoms with Crippen LogP contribution in [0.5, 0.6) is 0 Å². The number of hydrogen-bond donors (Lipinski definition) is 1. The van der Waals surface area contributed by atoms with Crippen LogP contribution in [0.15, 0.2) is 24.3 Å². The van der Waals surface area contributed by atoms with Gasteiger partial charge in [-0.3, -0.25) is 4.79 Å². The lowest BCUT2D eigenvalue weighted by Crippen LogP contribution is -2.51. The number of aromatic nitrogens is 4. The lowest BCUT2D eigenvalue weighted by molar-refractivity contribution is -0.160. The minimum atomic E-state index is -1.11. The first kappa shape index (κ1) is 17.9. The molecule has 1 N–H and O–H groups in total. The average molecular weight is 363 g/mol. The van der Waals surface area contributed by atoms with E-state index >= 15 is 0 Å². The number of benzene rings is 1. The van der Waals surface area contributed by atoms with Crippen LogP contribution in [0.3, 0.4) is 0 Å². The molecule has 0 radical (unpaired) electrons. The number of rotatable bonds is 5. The van der Waals surface area contributed by atoms with Gasteiger partial charge in [-0.1, -0.05) is 12.1 Å². The minimum Gasteiger partial charge on any atom is -0.479 e. The number of carboxylic acids is 1. The second-order valence-electron chi connectivity index (χ2n) is 6.00. The quantitative estimate of drug-likeness (QED) is 0.809. The van der Waals surface area contributed by atoms with Gasteiger partial charge in [-0.15, -0.1) is 5.10 Å². The van der Waals surface area contributed by atoms with Crippen molar-refractivity contribution in [2.45, 2.75) is 25.5 Å². The summed E-state index contributed by atoms with van der Waals surface area (Å²) in [4.78, 5) is 25.7. The lowest BCUT2D eigenvalue weighted by atomic mass is 10.0. The van der Waals surface area contributed by atoms with E-state index in [4.69, 9.17) is 9.84 Å². The number of aliphatic carboxylic acids is 1. The summed E-state index contributed by atoms with van der Waals surface area (Å²) in [7, 11) is 0. The Morgan fingerprint density at radius 2 is 2.12 bits per heavy atom. The summed E-state index contributed by atoms with van der Waals surface area (Å²) in [5, 5.41) is 20.4. The Hall–Kier alpha value is -2.88. The van der Waals surface area contributed by atoms with Crippen molar-refractivity contribution >= 4 is 11.9 Å². The second-order valence-corrected chi connectivity index (χ2v) is 6.00. The topological polar surface area (TPSA) is 110 Å². The van der Waals surface area contributed by atoms with Crippen molar-refractivity contribution in [3.05, 3.63) is 41.5 Å². The van der Waals surface area contributed by atoms with E-state index in [1.54, 1.807) is 19.1 Å². The normalized spacial score (nSPS) is 18.5. The van der Waals surface area contributed by atoms with Gasteiger partial charge >= 0.3 is 5.97 Å². The van der Waals surface area contributed by atoms with Crippen molar-refractivity contribution in [3.63, 3.8) is 0 Å². The fourth-order valence-electron chi connectivity index (χ4n) is 2.86. The second kappa shape index (κ2) is 7.56. The van der Waals surface area contributed by atoms with Crippen molar-refractivity contribution in [2.75, 3.05) is 19.7 Å². The molecule has 0 aliphatic carbocycles. The van der Waals surface area contributed by atoms with Gasteiger partial charge in [0, 0.05) is 13.0 Å². The Labute approximate surface area is 148 Å². The molecule has 0 bridgehead atoms. The SMILES string of the molecule is Cc1nnnn1[C@@H](Cc1ccc(F)cc1)C(=O)N1CCO[C@@H](C(=O)O)C1. The molecule has 1 fully saturated rings. The molecule has 2 aromatic rings. The zero-order chi connectivity index (χ0) is 18.7. The third kappa shape index (κ3) is 3.85. The molecular formula is C16H18FN5O4. The number of tetrazole rings is 1. The van der Waals surface area contributed by atoms with Gasteiger partial charge in [-0.05, 0) is 35.0 Å². The predicted octanol–water partition coefficient (Wildman–Crippen LogP) is 0.216. The standard InChI is InChI=1S/C16H18FN5O4/c1-10-18-19-20-22(10)13(8-11-2-4-12(17)5-3-11)15(23)21-6-7-26-14(9-21)16(24)25/h2-5,13-14H,6-9H2,1H3,(H,24,25)/t13-,14+/m0/s1. The molecule has 1 aliphatic rings. The lowest BCUT2D eigenvalue weighted by Gasteiger charge is -2.33. The molecular weight excluding hydrogens is 345 g/mol. The fourth-order valence-corrected chi connectivity index (χ4v) is 2.86. The zero-order valence-electron chi connectivity index (χ0n) is 14.1. The van der Waals surface area contributed by atoms with E-state index in [1.165, 1.54) is 21.7 Å². The van der Waals surface area contributed by atoms with Gasteiger partial charge in [0.1, 0.15) is 17.7 Å². The number of halogens is 1. The number of carbonyl (C=O) groups is 2. The molecule has 3 rings (SSSR count). The summed E-state index contributed by atoms with van der Waals surface area (Å²) >= 11 is 0. The summed E-state index contributed by atoms with van der Waals surface area (Å²) in [6, 6.07) is 5.06. The molecule has 1 aromatic heterocycles. The van der Waals surface area contributed by atoms with Gasteiger partial charge in [-0.25, -0.2) is 13.9 Å². The first-order valence-electron chi connectivity index (χ1n) is 8.08. The van der Waals surface area contributed by atoms with Gasteiger partial charge in [-0.2, -0.15) is 0 Å². The molecule has 0 unspecified atom stereocenters. The van der Waals surface area contributed by atoms with Crippen molar-refractivity contribution in [2.24, 2.45) is 0 Å². The number of hydrogen-bond acceptors (Lipinski definition) is 6. The average Bonchev–Trinajstić information content (AvgIpc) is 3.06. The van der Waals surface area contributed by atoms with E-state index in [-0.39, 0.29) is 37.8 Å². The maximum absolute atomic E-state index is 13.1. The minimum absolute atomic E-state index is 0.0464. The molecule has 10 heteroatoms. The number of amides is 1. The van der Waals surface area contributed by atoms with Crippen molar-refractivity contribution in [1.82, 2.24) is 25.1 Å².